The van der Waals surface area contributed by atoms with Crippen molar-refractivity contribution in [2.75, 3.05) is 6.61 Å². The Kier molecular flexibility index (Phi) is 4.87. The zero-order valence-corrected chi connectivity index (χ0v) is 9.44. The van der Waals surface area contributed by atoms with Gasteiger partial charge in [-0.2, -0.15) is 0 Å². The number of aliphatic hydroxyl groups is 1. The third-order valence-corrected chi connectivity index (χ3v) is 2.46. The van der Waals surface area contributed by atoms with Crippen molar-refractivity contribution in [1.29, 1.82) is 0 Å². The van der Waals surface area contributed by atoms with Crippen LogP contribution in [0, 0.1) is 0 Å². The number of hydrogen-bond donors (Lipinski definition) is 2. The average molecular weight is 244 g/mol. The number of amides is 1. The number of carbonyl (C=O) groups is 2. The topological polar surface area (TPSA) is 88.5 Å². The van der Waals surface area contributed by atoms with Crippen molar-refractivity contribution in [2.45, 2.75) is 19.1 Å². The maximum Gasteiger partial charge on any atom is 0.331 e. The number of esters is 1. The van der Waals surface area contributed by atoms with Crippen LogP contribution >= 0.6 is 11.3 Å². The van der Waals surface area contributed by atoms with Crippen molar-refractivity contribution in [1.82, 2.24) is 10.3 Å². The van der Waals surface area contributed by atoms with Crippen LogP contribution in [0.5, 0.6) is 0 Å². The van der Waals surface area contributed by atoms with Crippen LogP contribution < -0.4 is 5.32 Å². The van der Waals surface area contributed by atoms with Gasteiger partial charge in [0.25, 0.3) is 0 Å². The first kappa shape index (κ1) is 12.6. The summed E-state index contributed by atoms with van der Waals surface area (Å²) in [6, 6.07) is -1.13. The molecule has 2 unspecified atom stereocenters. The van der Waals surface area contributed by atoms with E-state index < -0.39 is 18.1 Å². The van der Waals surface area contributed by atoms with Crippen molar-refractivity contribution in [3.63, 3.8) is 0 Å². The van der Waals surface area contributed by atoms with E-state index in [-0.39, 0.29) is 6.61 Å². The molecule has 88 valence electrons. The van der Waals surface area contributed by atoms with Crippen molar-refractivity contribution in [3.05, 3.63) is 16.6 Å². The lowest BCUT2D eigenvalue weighted by Crippen LogP contribution is -2.42. The van der Waals surface area contributed by atoms with E-state index in [1.807, 2.05) is 0 Å². The minimum Gasteiger partial charge on any atom is -0.464 e. The first-order valence-electron chi connectivity index (χ1n) is 4.63. The minimum absolute atomic E-state index is 0.180. The van der Waals surface area contributed by atoms with E-state index >= 15 is 0 Å². The molecule has 0 saturated heterocycles. The molecular formula is C9H12N2O4S. The second-order valence-electron chi connectivity index (χ2n) is 2.87. The van der Waals surface area contributed by atoms with Crippen molar-refractivity contribution < 1.29 is 19.4 Å². The van der Waals surface area contributed by atoms with E-state index in [9.17, 15) is 14.7 Å². The quantitative estimate of drug-likeness (QED) is 0.537. The molecule has 1 amide bonds. The molecule has 1 aromatic rings. The lowest BCUT2D eigenvalue weighted by atomic mass is 10.1. The molecule has 6 nitrogen and oxygen atoms in total. The van der Waals surface area contributed by atoms with Gasteiger partial charge >= 0.3 is 5.97 Å². The zero-order valence-electron chi connectivity index (χ0n) is 8.62. The van der Waals surface area contributed by atoms with E-state index in [0.29, 0.717) is 12.1 Å². The Morgan fingerprint density at radius 3 is 3.06 bits per heavy atom. The van der Waals surface area contributed by atoms with E-state index in [0.717, 1.165) is 0 Å². The smallest absolute Gasteiger partial charge is 0.331 e. The summed E-state index contributed by atoms with van der Waals surface area (Å²) in [6.07, 6.45) is -0.854. The largest absolute Gasteiger partial charge is 0.464 e. The first-order valence-corrected chi connectivity index (χ1v) is 5.57. The summed E-state index contributed by atoms with van der Waals surface area (Å²) in [5.74, 6) is -0.685. The van der Waals surface area contributed by atoms with Crippen molar-refractivity contribution in [2.24, 2.45) is 0 Å². The summed E-state index contributed by atoms with van der Waals surface area (Å²) in [7, 11) is 0. The summed E-state index contributed by atoms with van der Waals surface area (Å²) < 4.78 is 4.73. The zero-order chi connectivity index (χ0) is 12.0. The van der Waals surface area contributed by atoms with Gasteiger partial charge in [0.05, 0.1) is 17.8 Å². The van der Waals surface area contributed by atoms with Crippen LogP contribution in [0.2, 0.25) is 0 Å². The monoisotopic (exact) mass is 244 g/mol. The molecule has 16 heavy (non-hydrogen) atoms. The van der Waals surface area contributed by atoms with Gasteiger partial charge in [0, 0.05) is 5.38 Å². The van der Waals surface area contributed by atoms with Gasteiger partial charge in [-0.15, -0.1) is 11.3 Å². The third-order valence-electron chi connectivity index (χ3n) is 1.86. The highest BCUT2D eigenvalue weighted by molar-refractivity contribution is 7.07. The van der Waals surface area contributed by atoms with Crippen LogP contribution in [0.15, 0.2) is 10.9 Å². The first-order chi connectivity index (χ1) is 7.70. The highest BCUT2D eigenvalue weighted by atomic mass is 32.1. The van der Waals surface area contributed by atoms with E-state index in [1.54, 1.807) is 12.3 Å². The Bertz CT molecular complexity index is 341. The normalized spacial score (nSPS) is 13.9. The number of aliphatic hydroxyl groups excluding tert-OH is 1. The SMILES string of the molecule is CCOC(=O)C(NC=O)C(O)c1cscn1. The number of ether oxygens (including phenoxy) is 1. The summed E-state index contributed by atoms with van der Waals surface area (Å²) in [4.78, 5) is 25.7. The molecule has 2 atom stereocenters. The molecule has 2 N–H and O–H groups in total. The van der Waals surface area contributed by atoms with Gasteiger partial charge in [-0.25, -0.2) is 9.78 Å². The fourth-order valence-corrected chi connectivity index (χ4v) is 1.72. The van der Waals surface area contributed by atoms with Crippen LogP contribution in [0.3, 0.4) is 0 Å². The number of rotatable bonds is 6. The average Bonchev–Trinajstić information content (AvgIpc) is 2.78. The predicted octanol–water partition coefficient (Wildman–Crippen LogP) is -0.146. The standard InChI is InChI=1S/C9H12N2O4S/c1-2-15-9(14)7(10-4-12)8(13)6-3-16-5-11-6/h3-5,7-8,13H,2H2,1H3,(H,10,12). The Hall–Kier alpha value is -1.47. The van der Waals surface area contributed by atoms with Gasteiger partial charge in [0.2, 0.25) is 6.41 Å². The molecule has 1 heterocycles. The summed E-state index contributed by atoms with van der Waals surface area (Å²) in [5.41, 5.74) is 1.86. The summed E-state index contributed by atoms with van der Waals surface area (Å²) in [6.45, 7) is 1.82. The van der Waals surface area contributed by atoms with Crippen LogP contribution in [0.1, 0.15) is 18.7 Å². The third kappa shape index (κ3) is 3.01. The molecule has 0 aliphatic rings. The number of hydrogen-bond acceptors (Lipinski definition) is 6. The number of nitrogens with one attached hydrogen (secondary N) is 1. The molecule has 0 aliphatic heterocycles. The maximum absolute atomic E-state index is 11.4. The summed E-state index contributed by atoms with van der Waals surface area (Å²) >= 11 is 1.29. The number of aromatic nitrogens is 1. The van der Waals surface area contributed by atoms with Crippen molar-refractivity contribution >= 4 is 23.7 Å². The lowest BCUT2D eigenvalue weighted by Gasteiger charge is -2.18. The Morgan fingerprint density at radius 1 is 1.81 bits per heavy atom. The van der Waals surface area contributed by atoms with E-state index in [2.05, 4.69) is 10.3 Å². The Balaban J connectivity index is 2.76. The molecule has 7 heteroatoms. The van der Waals surface area contributed by atoms with Crippen molar-refractivity contribution in [3.8, 4) is 0 Å². The fraction of sp³-hybridized carbons (Fsp3) is 0.444. The molecule has 0 fully saturated rings. The van der Waals surface area contributed by atoms with Gasteiger partial charge in [-0.1, -0.05) is 0 Å². The molecular weight excluding hydrogens is 232 g/mol. The van der Waals surface area contributed by atoms with Gasteiger partial charge in [-0.3, -0.25) is 4.79 Å². The van der Waals surface area contributed by atoms with Gasteiger partial charge < -0.3 is 15.2 Å². The minimum atomic E-state index is -1.20. The van der Waals surface area contributed by atoms with Crippen LogP contribution in [-0.2, 0) is 14.3 Å². The second kappa shape index (κ2) is 6.19. The summed E-state index contributed by atoms with van der Waals surface area (Å²) in [5, 5.41) is 13.6. The highest BCUT2D eigenvalue weighted by Gasteiger charge is 2.30. The van der Waals surface area contributed by atoms with E-state index in [4.69, 9.17) is 4.74 Å². The molecule has 0 radical (unpaired) electrons. The van der Waals surface area contributed by atoms with Crippen LogP contribution in [0.25, 0.3) is 0 Å². The number of nitrogens with zero attached hydrogens (tertiary/aromatic N) is 1. The van der Waals surface area contributed by atoms with Crippen LogP contribution in [-0.4, -0.2) is 35.1 Å². The Labute approximate surface area is 96.3 Å². The Morgan fingerprint density at radius 2 is 2.56 bits per heavy atom. The number of thiazole rings is 1. The highest BCUT2D eigenvalue weighted by Crippen LogP contribution is 2.17. The van der Waals surface area contributed by atoms with Gasteiger partial charge in [0.1, 0.15) is 6.10 Å². The van der Waals surface area contributed by atoms with Gasteiger partial charge in [-0.05, 0) is 6.92 Å². The van der Waals surface area contributed by atoms with Gasteiger partial charge in [0.15, 0.2) is 6.04 Å². The van der Waals surface area contributed by atoms with E-state index in [1.165, 1.54) is 16.8 Å². The molecule has 0 saturated carbocycles. The van der Waals surface area contributed by atoms with Crippen LogP contribution in [0.4, 0.5) is 0 Å². The number of carbonyl (C=O) groups excluding carboxylic acids is 2. The maximum atomic E-state index is 11.4. The predicted molar refractivity (Wildman–Crippen MR) is 56.7 cm³/mol. The molecule has 1 aromatic heterocycles. The molecule has 1 rings (SSSR count). The fourth-order valence-electron chi connectivity index (χ4n) is 1.13. The lowest BCUT2D eigenvalue weighted by molar-refractivity contribution is -0.150. The molecule has 0 spiro atoms. The second-order valence-corrected chi connectivity index (χ2v) is 3.59. The molecule has 0 aliphatic carbocycles. The molecule has 0 aromatic carbocycles. The molecule has 0 bridgehead atoms.